The molecule has 0 rings (SSSR count). The molecule has 3 N–H and O–H groups in total. The highest BCUT2D eigenvalue weighted by molar-refractivity contribution is 7.47. The van der Waals surface area contributed by atoms with Crippen LogP contribution in [0.2, 0.25) is 0 Å². The molecular weight excluding hydrogens is 1380 g/mol. The van der Waals surface area contributed by atoms with Gasteiger partial charge in [-0.05, 0) is 63.2 Å². The summed E-state index contributed by atoms with van der Waals surface area (Å²) in [6.07, 6.45) is 73.1. The van der Waals surface area contributed by atoms with Crippen LogP contribution in [0.5, 0.6) is 0 Å². The molecule has 106 heavy (non-hydrogen) atoms. The van der Waals surface area contributed by atoms with Crippen molar-refractivity contribution in [3.8, 4) is 0 Å². The van der Waals surface area contributed by atoms with Gasteiger partial charge in [-0.15, -0.1) is 0 Å². The van der Waals surface area contributed by atoms with Gasteiger partial charge in [-0.25, -0.2) is 9.13 Å². The lowest BCUT2D eigenvalue weighted by Gasteiger charge is -2.21. The van der Waals surface area contributed by atoms with E-state index in [0.29, 0.717) is 25.7 Å². The molecule has 0 aliphatic rings. The number of esters is 4. The average Bonchev–Trinajstić information content (AvgIpc) is 0.903. The van der Waals surface area contributed by atoms with Crippen molar-refractivity contribution >= 4 is 39.5 Å². The molecule has 0 radical (unpaired) electrons. The van der Waals surface area contributed by atoms with E-state index in [4.69, 9.17) is 37.0 Å². The molecule has 0 aromatic rings. The smallest absolute Gasteiger partial charge is 0.462 e. The molecule has 19 heteroatoms. The van der Waals surface area contributed by atoms with Crippen LogP contribution in [-0.2, 0) is 65.4 Å². The fraction of sp³-hybridized carbons (Fsp3) is 0.908. The van der Waals surface area contributed by atoms with Crippen molar-refractivity contribution in [2.75, 3.05) is 39.6 Å². The molecule has 5 atom stereocenters. The van der Waals surface area contributed by atoms with Crippen molar-refractivity contribution in [2.24, 2.45) is 11.8 Å². The highest BCUT2D eigenvalue weighted by Gasteiger charge is 2.30. The van der Waals surface area contributed by atoms with Gasteiger partial charge in [0.25, 0.3) is 0 Å². The number of carbonyl (C=O) groups is 4. The summed E-state index contributed by atoms with van der Waals surface area (Å²) in [5, 5.41) is 10.7. The Bertz CT molecular complexity index is 2120. The normalized spacial score (nSPS) is 14.0. The van der Waals surface area contributed by atoms with Crippen molar-refractivity contribution in [3.63, 3.8) is 0 Å². The van der Waals surface area contributed by atoms with E-state index in [1.54, 1.807) is 0 Å². The van der Waals surface area contributed by atoms with Crippen molar-refractivity contribution < 1.29 is 80.2 Å². The van der Waals surface area contributed by atoms with Crippen LogP contribution in [0.15, 0.2) is 24.3 Å². The predicted molar refractivity (Wildman–Crippen MR) is 437 cm³/mol. The molecule has 626 valence electrons. The predicted octanol–water partition coefficient (Wildman–Crippen LogP) is 26.2. The summed E-state index contributed by atoms with van der Waals surface area (Å²) >= 11 is 0. The van der Waals surface area contributed by atoms with Gasteiger partial charge in [0.2, 0.25) is 0 Å². The fourth-order valence-electron chi connectivity index (χ4n) is 13.1. The number of carbonyl (C=O) groups excluding carboxylic acids is 4. The third kappa shape index (κ3) is 79.6. The number of phosphoric acid groups is 2. The Labute approximate surface area is 650 Å². The number of unbranched alkanes of at least 4 members (excludes halogenated alkanes) is 51. The van der Waals surface area contributed by atoms with Gasteiger partial charge in [0.05, 0.1) is 26.4 Å². The second kappa shape index (κ2) is 77.8. The summed E-state index contributed by atoms with van der Waals surface area (Å²) in [7, 11) is -9.94. The molecule has 0 aromatic heterocycles. The Kier molecular flexibility index (Phi) is 76.0. The van der Waals surface area contributed by atoms with E-state index in [2.05, 4.69) is 65.8 Å². The second-order valence-electron chi connectivity index (χ2n) is 31.5. The lowest BCUT2D eigenvalue weighted by molar-refractivity contribution is -0.161. The molecule has 0 aliphatic carbocycles. The molecule has 0 amide bonds. The second-order valence-corrected chi connectivity index (χ2v) is 34.5. The Balaban J connectivity index is 5.26. The van der Waals surface area contributed by atoms with E-state index in [9.17, 15) is 43.2 Å². The highest BCUT2D eigenvalue weighted by atomic mass is 31.2. The number of hydrogen-bond acceptors (Lipinski definition) is 15. The minimum Gasteiger partial charge on any atom is -0.462 e. The standard InChI is InChI=1S/C87H166O17P2/c1-7-9-11-13-15-17-19-21-23-24-25-26-27-28-34-38-42-46-54-60-66-72-86(91)103-82(75-97-84(89)69-63-57-51-44-40-36-33-30-29-32-35-39-43-49-55-61-67-79(3)4)77-101-105(93,94)99-73-81(88)74-100-106(95,96)102-78-83(76-98-85(90)70-64-58-52-48-47-50-56-62-68-80(5)6)104-87(92)71-65-59-53-45-41-37-31-22-20-18-16-14-12-10-8-2/h18,20,22,31,79-83,88H,7-17,19,21,23-30,32-78H2,1-6H3,(H,93,94)(H,95,96)/b20-18-,31-22-/t81-,82-,83-/m1/s1. The molecule has 0 bridgehead atoms. The monoisotopic (exact) mass is 1550 g/mol. The summed E-state index contributed by atoms with van der Waals surface area (Å²) < 4.78 is 68.9. The first-order valence-electron chi connectivity index (χ1n) is 44.3. The largest absolute Gasteiger partial charge is 0.472 e. The summed E-state index contributed by atoms with van der Waals surface area (Å²) in [5.74, 6) is -0.599. The average molecular weight is 1550 g/mol. The van der Waals surface area contributed by atoms with Crippen molar-refractivity contribution in [2.45, 2.75) is 458 Å². The lowest BCUT2D eigenvalue weighted by atomic mass is 10.0. The first kappa shape index (κ1) is 104. The van der Waals surface area contributed by atoms with E-state index in [0.717, 1.165) is 121 Å². The molecule has 0 saturated heterocycles. The summed E-state index contributed by atoms with van der Waals surface area (Å²) in [6.45, 7) is 9.60. The minimum atomic E-state index is -4.97. The van der Waals surface area contributed by atoms with Crippen LogP contribution in [0.25, 0.3) is 0 Å². The molecule has 0 aliphatic heterocycles. The zero-order valence-corrected chi connectivity index (χ0v) is 71.0. The van der Waals surface area contributed by atoms with Gasteiger partial charge < -0.3 is 33.8 Å². The number of rotatable bonds is 84. The van der Waals surface area contributed by atoms with Gasteiger partial charge in [0.15, 0.2) is 12.2 Å². The molecular formula is C87H166O17P2. The zero-order chi connectivity index (χ0) is 77.8. The van der Waals surface area contributed by atoms with Gasteiger partial charge in [0, 0.05) is 25.7 Å². The maximum absolute atomic E-state index is 13.2. The third-order valence-corrected chi connectivity index (χ3v) is 21.7. The maximum atomic E-state index is 13.2. The van der Waals surface area contributed by atoms with E-state index in [-0.39, 0.29) is 25.7 Å². The Hall–Kier alpha value is -2.46. The quantitative estimate of drug-likeness (QED) is 0.0169. The SMILES string of the molecule is CCCCCC/C=C\C=C/CCCCCCCC(=O)O[C@H](COC(=O)CCCCCCCCCCC(C)C)COP(=O)(O)OC[C@H](O)COP(=O)(O)OC[C@@H](COC(=O)CCCCCCCCCCCCCCCCCCC(C)C)OC(=O)CCCCCCCCCCCCCCCCCCCCCCC. The van der Waals surface area contributed by atoms with Crippen LogP contribution in [0.3, 0.4) is 0 Å². The number of hydrogen-bond donors (Lipinski definition) is 3. The summed E-state index contributed by atoms with van der Waals surface area (Å²) in [6, 6.07) is 0. The van der Waals surface area contributed by atoms with Crippen LogP contribution < -0.4 is 0 Å². The zero-order valence-electron chi connectivity index (χ0n) is 69.2. The first-order chi connectivity index (χ1) is 51.4. The molecule has 0 saturated carbocycles. The van der Waals surface area contributed by atoms with E-state index >= 15 is 0 Å². The first-order valence-corrected chi connectivity index (χ1v) is 47.3. The van der Waals surface area contributed by atoms with Gasteiger partial charge in [-0.3, -0.25) is 37.3 Å². The van der Waals surface area contributed by atoms with E-state index in [1.807, 2.05) is 0 Å². The Morgan fingerprint density at radius 1 is 0.292 bits per heavy atom. The van der Waals surface area contributed by atoms with E-state index < -0.39 is 97.5 Å². The molecule has 2 unspecified atom stereocenters. The Morgan fingerprint density at radius 3 is 0.774 bits per heavy atom. The molecule has 0 heterocycles. The van der Waals surface area contributed by atoms with Crippen LogP contribution in [0.1, 0.15) is 440 Å². The highest BCUT2D eigenvalue weighted by Crippen LogP contribution is 2.45. The summed E-state index contributed by atoms with van der Waals surface area (Å²) in [4.78, 5) is 73.2. The molecule has 17 nitrogen and oxygen atoms in total. The number of allylic oxidation sites excluding steroid dienone is 4. The van der Waals surface area contributed by atoms with Gasteiger partial charge in [-0.1, -0.05) is 387 Å². The van der Waals surface area contributed by atoms with E-state index in [1.165, 1.54) is 238 Å². The molecule has 0 spiro atoms. The molecule has 0 fully saturated rings. The van der Waals surface area contributed by atoms with Gasteiger partial charge in [-0.2, -0.15) is 0 Å². The van der Waals surface area contributed by atoms with Gasteiger partial charge >= 0.3 is 39.5 Å². The summed E-state index contributed by atoms with van der Waals surface area (Å²) in [5.41, 5.74) is 0. The van der Waals surface area contributed by atoms with Crippen molar-refractivity contribution in [1.82, 2.24) is 0 Å². The van der Waals surface area contributed by atoms with Crippen LogP contribution in [-0.4, -0.2) is 96.7 Å². The number of aliphatic hydroxyl groups excluding tert-OH is 1. The lowest BCUT2D eigenvalue weighted by Crippen LogP contribution is -2.30. The maximum Gasteiger partial charge on any atom is 0.472 e. The number of phosphoric ester groups is 2. The Morgan fingerprint density at radius 2 is 0.509 bits per heavy atom. The van der Waals surface area contributed by atoms with Crippen LogP contribution in [0.4, 0.5) is 0 Å². The van der Waals surface area contributed by atoms with Crippen molar-refractivity contribution in [1.29, 1.82) is 0 Å². The number of ether oxygens (including phenoxy) is 4. The van der Waals surface area contributed by atoms with Crippen molar-refractivity contribution in [3.05, 3.63) is 24.3 Å². The topological polar surface area (TPSA) is 237 Å². The minimum absolute atomic E-state index is 0.0848. The van der Waals surface area contributed by atoms with Crippen LogP contribution >= 0.6 is 15.6 Å². The fourth-order valence-corrected chi connectivity index (χ4v) is 14.6. The van der Waals surface area contributed by atoms with Gasteiger partial charge in [0.1, 0.15) is 19.3 Å². The number of aliphatic hydroxyl groups is 1. The third-order valence-electron chi connectivity index (χ3n) is 19.8. The molecule has 0 aromatic carbocycles. The van der Waals surface area contributed by atoms with Crippen LogP contribution in [0, 0.1) is 11.8 Å².